The largest absolute Gasteiger partial charge is 0.480 e. The molecule has 2 atom stereocenters. The van der Waals surface area contributed by atoms with Gasteiger partial charge in [-0.2, -0.15) is 0 Å². The zero-order chi connectivity index (χ0) is 15.4. The molecular weight excluding hydrogens is 264 g/mol. The second-order valence-electron chi connectivity index (χ2n) is 6.43. The van der Waals surface area contributed by atoms with Gasteiger partial charge in [0, 0.05) is 25.7 Å². The quantitative estimate of drug-likeness (QED) is 0.902. The van der Waals surface area contributed by atoms with Gasteiger partial charge >= 0.3 is 5.97 Å². The second-order valence-corrected chi connectivity index (χ2v) is 6.43. The monoisotopic (exact) mass is 290 g/mol. The molecule has 0 unspecified atom stereocenters. The summed E-state index contributed by atoms with van der Waals surface area (Å²) in [6.07, 6.45) is 0. The molecule has 1 fully saturated rings. The SMILES string of the molecule is C[C@H]1CN(Cc2ccccc2)C[C@H](C)C1N(C)CC(=O)O. The van der Waals surface area contributed by atoms with Crippen molar-refractivity contribution in [2.75, 3.05) is 26.7 Å². The molecule has 4 heteroatoms. The lowest BCUT2D eigenvalue weighted by molar-refractivity contribution is -0.139. The molecule has 21 heavy (non-hydrogen) atoms. The van der Waals surface area contributed by atoms with Gasteiger partial charge in [-0.15, -0.1) is 0 Å². The van der Waals surface area contributed by atoms with Crippen LogP contribution in [0.25, 0.3) is 0 Å². The molecule has 1 aromatic rings. The van der Waals surface area contributed by atoms with E-state index in [-0.39, 0.29) is 6.54 Å². The highest BCUT2D eigenvalue weighted by atomic mass is 16.4. The Kier molecular flexibility index (Phi) is 5.37. The molecule has 2 rings (SSSR count). The standard InChI is InChI=1S/C17H26N2O2/c1-13-9-19(11-15-7-5-4-6-8-15)10-14(2)17(13)18(3)12-16(20)21/h4-8,13-14,17H,9-12H2,1-3H3,(H,20,21)/t13-,14-/m0/s1. The van der Waals surface area contributed by atoms with Crippen LogP contribution in [0.15, 0.2) is 30.3 Å². The first-order valence-electron chi connectivity index (χ1n) is 7.65. The minimum Gasteiger partial charge on any atom is -0.480 e. The number of carboxylic acids is 1. The molecule has 0 aromatic heterocycles. The van der Waals surface area contributed by atoms with Gasteiger partial charge in [0.2, 0.25) is 0 Å². The van der Waals surface area contributed by atoms with Crippen molar-refractivity contribution in [3.8, 4) is 0 Å². The Morgan fingerprint density at radius 1 is 1.24 bits per heavy atom. The van der Waals surface area contributed by atoms with Crippen LogP contribution in [-0.4, -0.2) is 53.6 Å². The highest BCUT2D eigenvalue weighted by molar-refractivity contribution is 5.69. The predicted octanol–water partition coefficient (Wildman–Crippen LogP) is 2.16. The van der Waals surface area contributed by atoms with Crippen LogP contribution < -0.4 is 0 Å². The molecule has 1 aromatic carbocycles. The Hall–Kier alpha value is -1.39. The van der Waals surface area contributed by atoms with Crippen molar-refractivity contribution in [1.29, 1.82) is 0 Å². The Bertz CT molecular complexity index is 451. The maximum atomic E-state index is 10.9. The van der Waals surface area contributed by atoms with Crippen LogP contribution in [0.1, 0.15) is 19.4 Å². The lowest BCUT2D eigenvalue weighted by Crippen LogP contribution is -2.54. The fourth-order valence-electron chi connectivity index (χ4n) is 3.82. The van der Waals surface area contributed by atoms with E-state index in [9.17, 15) is 4.79 Å². The maximum absolute atomic E-state index is 10.9. The van der Waals surface area contributed by atoms with Crippen molar-refractivity contribution in [2.45, 2.75) is 26.4 Å². The third kappa shape index (κ3) is 4.29. The fraction of sp³-hybridized carbons (Fsp3) is 0.588. The van der Waals surface area contributed by atoms with E-state index in [0.717, 1.165) is 19.6 Å². The first kappa shape index (κ1) is 16.0. The molecule has 0 saturated carbocycles. The van der Waals surface area contributed by atoms with Crippen LogP contribution in [-0.2, 0) is 11.3 Å². The normalized spacial score (nSPS) is 24.4. The van der Waals surface area contributed by atoms with Crippen molar-refractivity contribution in [2.24, 2.45) is 11.8 Å². The third-order valence-electron chi connectivity index (χ3n) is 4.40. The molecule has 4 nitrogen and oxygen atoms in total. The second kappa shape index (κ2) is 7.05. The summed E-state index contributed by atoms with van der Waals surface area (Å²) in [5.74, 6) is 0.201. The lowest BCUT2D eigenvalue weighted by Gasteiger charge is -2.45. The molecule has 1 aliphatic heterocycles. The van der Waals surface area contributed by atoms with Gasteiger partial charge in [-0.1, -0.05) is 44.2 Å². The summed E-state index contributed by atoms with van der Waals surface area (Å²) in [6, 6.07) is 10.9. The maximum Gasteiger partial charge on any atom is 0.317 e. The number of likely N-dealkylation sites (tertiary alicyclic amines) is 1. The van der Waals surface area contributed by atoms with Crippen LogP contribution in [0.3, 0.4) is 0 Å². The highest BCUT2D eigenvalue weighted by Crippen LogP contribution is 2.27. The predicted molar refractivity (Wildman–Crippen MR) is 84.1 cm³/mol. The van der Waals surface area contributed by atoms with E-state index < -0.39 is 5.97 Å². The van der Waals surface area contributed by atoms with Crippen molar-refractivity contribution in [1.82, 2.24) is 9.80 Å². The average molecular weight is 290 g/mol. The molecule has 0 spiro atoms. The molecular formula is C17H26N2O2. The number of rotatable bonds is 5. The van der Waals surface area contributed by atoms with E-state index in [1.165, 1.54) is 5.56 Å². The first-order valence-corrected chi connectivity index (χ1v) is 7.65. The van der Waals surface area contributed by atoms with Gasteiger partial charge in [0.15, 0.2) is 0 Å². The molecule has 0 aliphatic carbocycles. The van der Waals surface area contributed by atoms with E-state index in [1.54, 1.807) is 0 Å². The lowest BCUT2D eigenvalue weighted by atomic mass is 9.84. The Morgan fingerprint density at radius 2 is 1.81 bits per heavy atom. The molecule has 0 amide bonds. The average Bonchev–Trinajstić information content (AvgIpc) is 2.38. The number of piperidine rings is 1. The number of hydrogen-bond donors (Lipinski definition) is 1. The van der Waals surface area contributed by atoms with Crippen molar-refractivity contribution in [3.05, 3.63) is 35.9 Å². The van der Waals surface area contributed by atoms with Crippen LogP contribution in [0, 0.1) is 11.8 Å². The summed E-state index contributed by atoms with van der Waals surface area (Å²) in [5.41, 5.74) is 1.34. The van der Waals surface area contributed by atoms with Crippen molar-refractivity contribution < 1.29 is 9.90 Å². The number of hydrogen-bond acceptors (Lipinski definition) is 3. The van der Waals surface area contributed by atoms with Crippen molar-refractivity contribution >= 4 is 5.97 Å². The van der Waals surface area contributed by atoms with Crippen LogP contribution in [0.5, 0.6) is 0 Å². The van der Waals surface area contributed by atoms with Gasteiger partial charge in [-0.3, -0.25) is 14.6 Å². The van der Waals surface area contributed by atoms with E-state index in [0.29, 0.717) is 17.9 Å². The molecule has 1 aliphatic rings. The van der Waals surface area contributed by atoms with Crippen molar-refractivity contribution in [3.63, 3.8) is 0 Å². The van der Waals surface area contributed by atoms with Crippen LogP contribution in [0.4, 0.5) is 0 Å². The molecule has 116 valence electrons. The van der Waals surface area contributed by atoms with Gasteiger partial charge in [-0.05, 0) is 24.4 Å². The van der Waals surface area contributed by atoms with Gasteiger partial charge in [0.05, 0.1) is 6.54 Å². The molecule has 1 N–H and O–H groups in total. The summed E-state index contributed by atoms with van der Waals surface area (Å²) >= 11 is 0. The highest BCUT2D eigenvalue weighted by Gasteiger charge is 2.34. The zero-order valence-electron chi connectivity index (χ0n) is 13.2. The molecule has 0 radical (unpaired) electrons. The van der Waals surface area contributed by atoms with E-state index >= 15 is 0 Å². The first-order chi connectivity index (χ1) is 9.97. The van der Waals surface area contributed by atoms with Gasteiger partial charge < -0.3 is 5.11 Å². The Balaban J connectivity index is 1.96. The van der Waals surface area contributed by atoms with E-state index in [1.807, 2.05) is 18.0 Å². The van der Waals surface area contributed by atoms with E-state index in [2.05, 4.69) is 43.0 Å². The number of likely N-dealkylation sites (N-methyl/N-ethyl adjacent to an activating group) is 1. The number of carbonyl (C=O) groups is 1. The van der Waals surface area contributed by atoms with Gasteiger partial charge in [0.1, 0.15) is 0 Å². The number of aliphatic carboxylic acids is 1. The third-order valence-corrected chi connectivity index (χ3v) is 4.40. The smallest absolute Gasteiger partial charge is 0.317 e. The summed E-state index contributed by atoms with van der Waals surface area (Å²) in [5, 5.41) is 8.98. The van der Waals surface area contributed by atoms with Crippen LogP contribution in [0.2, 0.25) is 0 Å². The Morgan fingerprint density at radius 3 is 2.33 bits per heavy atom. The number of carboxylic acid groups (broad SMARTS) is 1. The number of benzene rings is 1. The molecule has 0 bridgehead atoms. The minimum absolute atomic E-state index is 0.123. The zero-order valence-corrected chi connectivity index (χ0v) is 13.2. The molecule has 1 heterocycles. The van der Waals surface area contributed by atoms with Crippen LogP contribution >= 0.6 is 0 Å². The topological polar surface area (TPSA) is 43.8 Å². The fourth-order valence-corrected chi connectivity index (χ4v) is 3.82. The Labute approximate surface area is 127 Å². The van der Waals surface area contributed by atoms with E-state index in [4.69, 9.17) is 5.11 Å². The minimum atomic E-state index is -0.747. The summed E-state index contributed by atoms with van der Waals surface area (Å²) < 4.78 is 0. The summed E-state index contributed by atoms with van der Waals surface area (Å²) in [6.45, 7) is 7.61. The molecule has 1 saturated heterocycles. The number of nitrogens with zero attached hydrogens (tertiary/aromatic N) is 2. The summed E-state index contributed by atoms with van der Waals surface area (Å²) in [4.78, 5) is 15.4. The summed E-state index contributed by atoms with van der Waals surface area (Å²) in [7, 11) is 1.93. The van der Waals surface area contributed by atoms with Gasteiger partial charge in [-0.25, -0.2) is 0 Å². The van der Waals surface area contributed by atoms with Gasteiger partial charge in [0.25, 0.3) is 0 Å².